The fourth-order valence-corrected chi connectivity index (χ4v) is 4.13. The Bertz CT molecular complexity index is 555. The number of hydrogen-bond acceptors (Lipinski definition) is 3. The van der Waals surface area contributed by atoms with E-state index in [9.17, 15) is 8.42 Å². The van der Waals surface area contributed by atoms with Gasteiger partial charge in [0.15, 0.2) is 0 Å². The Hall–Kier alpha value is -0.940. The van der Waals surface area contributed by atoms with E-state index in [0.29, 0.717) is 19.0 Å². The Morgan fingerprint density at radius 3 is 2.80 bits per heavy atom. The smallest absolute Gasteiger partial charge is 0.216 e. The third-order valence-corrected chi connectivity index (χ3v) is 6.12. The van der Waals surface area contributed by atoms with E-state index in [1.807, 2.05) is 25.1 Å². The van der Waals surface area contributed by atoms with Crippen molar-refractivity contribution in [3.63, 3.8) is 0 Å². The molecule has 1 atom stereocenters. The van der Waals surface area contributed by atoms with Crippen LogP contribution in [0.2, 0.25) is 0 Å². The van der Waals surface area contributed by atoms with Gasteiger partial charge in [0.05, 0.1) is 5.25 Å². The maximum Gasteiger partial charge on any atom is 0.216 e. The number of pyridine rings is 1. The molecule has 1 aliphatic rings. The highest BCUT2D eigenvalue weighted by molar-refractivity contribution is 7.89. The Morgan fingerprint density at radius 1 is 1.40 bits per heavy atom. The molecule has 1 aromatic heterocycles. The quantitative estimate of drug-likeness (QED) is 0.857. The first-order chi connectivity index (χ1) is 9.39. The Labute approximate surface area is 122 Å². The van der Waals surface area contributed by atoms with Crippen LogP contribution < -0.4 is 0 Å². The van der Waals surface area contributed by atoms with Crippen molar-refractivity contribution in [2.24, 2.45) is 5.92 Å². The van der Waals surface area contributed by atoms with Crippen LogP contribution in [-0.4, -0.2) is 36.0 Å². The van der Waals surface area contributed by atoms with E-state index in [2.05, 4.69) is 4.98 Å². The summed E-state index contributed by atoms with van der Waals surface area (Å²) in [6, 6.07) is 6.03. The average Bonchev–Trinajstić information content (AvgIpc) is 2.39. The molecule has 1 unspecified atom stereocenters. The van der Waals surface area contributed by atoms with E-state index in [1.165, 1.54) is 0 Å². The second-order valence-electron chi connectivity index (χ2n) is 5.93. The van der Waals surface area contributed by atoms with Crippen molar-refractivity contribution in [2.75, 3.05) is 13.1 Å². The molecule has 0 amide bonds. The Kier molecular flexibility index (Phi) is 4.81. The van der Waals surface area contributed by atoms with Crippen molar-refractivity contribution in [3.05, 3.63) is 29.6 Å². The average molecular weight is 296 g/mol. The molecule has 2 rings (SSSR count). The lowest BCUT2D eigenvalue weighted by Gasteiger charge is -2.33. The molecule has 1 fully saturated rings. The number of sulfonamides is 1. The molecule has 0 saturated carbocycles. The number of aromatic nitrogens is 1. The van der Waals surface area contributed by atoms with Crippen molar-refractivity contribution in [1.29, 1.82) is 0 Å². The van der Waals surface area contributed by atoms with Gasteiger partial charge >= 0.3 is 0 Å². The van der Waals surface area contributed by atoms with Crippen molar-refractivity contribution in [3.8, 4) is 0 Å². The largest absolute Gasteiger partial charge is 0.258 e. The van der Waals surface area contributed by atoms with E-state index in [4.69, 9.17) is 0 Å². The van der Waals surface area contributed by atoms with Crippen molar-refractivity contribution < 1.29 is 8.42 Å². The van der Waals surface area contributed by atoms with Crippen LogP contribution in [0.3, 0.4) is 0 Å². The molecule has 0 aliphatic carbocycles. The van der Waals surface area contributed by atoms with Crippen molar-refractivity contribution >= 4 is 10.0 Å². The molecule has 0 radical (unpaired) electrons. The van der Waals surface area contributed by atoms with Gasteiger partial charge in [-0.05, 0) is 58.1 Å². The zero-order valence-electron chi connectivity index (χ0n) is 12.5. The summed E-state index contributed by atoms with van der Waals surface area (Å²) >= 11 is 0. The van der Waals surface area contributed by atoms with Crippen LogP contribution in [-0.2, 0) is 16.4 Å². The van der Waals surface area contributed by atoms with Crippen LogP contribution in [0.15, 0.2) is 18.2 Å². The second-order valence-corrected chi connectivity index (χ2v) is 8.42. The minimum atomic E-state index is -3.12. The molecule has 1 aliphatic heterocycles. The third-order valence-electron chi connectivity index (χ3n) is 3.88. The minimum Gasteiger partial charge on any atom is -0.258 e. The zero-order valence-corrected chi connectivity index (χ0v) is 13.4. The second kappa shape index (κ2) is 6.22. The summed E-state index contributed by atoms with van der Waals surface area (Å²) < 4.78 is 26.2. The van der Waals surface area contributed by atoms with Gasteiger partial charge in [0.25, 0.3) is 0 Å². The lowest BCUT2D eigenvalue weighted by Crippen LogP contribution is -2.43. The summed E-state index contributed by atoms with van der Waals surface area (Å²) in [4.78, 5) is 4.52. The van der Waals surface area contributed by atoms with Gasteiger partial charge in [0.1, 0.15) is 0 Å². The highest BCUT2D eigenvalue weighted by atomic mass is 32.2. The molecule has 0 spiro atoms. The maximum atomic E-state index is 12.2. The highest BCUT2D eigenvalue weighted by Crippen LogP contribution is 2.23. The van der Waals surface area contributed by atoms with Crippen molar-refractivity contribution in [1.82, 2.24) is 9.29 Å². The first-order valence-corrected chi connectivity index (χ1v) is 8.81. The predicted octanol–water partition coefficient (Wildman–Crippen LogP) is 2.38. The van der Waals surface area contributed by atoms with Gasteiger partial charge in [-0.15, -0.1) is 0 Å². The molecule has 5 heteroatoms. The predicted molar refractivity (Wildman–Crippen MR) is 81.0 cm³/mol. The van der Waals surface area contributed by atoms with Crippen LogP contribution in [0.5, 0.6) is 0 Å². The van der Waals surface area contributed by atoms with Gasteiger partial charge in [-0.3, -0.25) is 4.98 Å². The van der Waals surface area contributed by atoms with Crippen LogP contribution in [0.25, 0.3) is 0 Å². The molecule has 112 valence electrons. The van der Waals surface area contributed by atoms with E-state index in [0.717, 1.165) is 30.7 Å². The number of piperidine rings is 1. The lowest BCUT2D eigenvalue weighted by molar-refractivity contribution is 0.262. The van der Waals surface area contributed by atoms with Crippen LogP contribution in [0.4, 0.5) is 0 Å². The molecule has 4 nitrogen and oxygen atoms in total. The van der Waals surface area contributed by atoms with E-state index in [1.54, 1.807) is 18.2 Å². The maximum absolute atomic E-state index is 12.2. The lowest BCUT2D eigenvalue weighted by atomic mass is 9.94. The summed E-state index contributed by atoms with van der Waals surface area (Å²) in [6.45, 7) is 6.79. The van der Waals surface area contributed by atoms with E-state index < -0.39 is 10.0 Å². The fourth-order valence-electron chi connectivity index (χ4n) is 2.73. The summed E-state index contributed by atoms with van der Waals surface area (Å²) in [5, 5.41) is -0.335. The first kappa shape index (κ1) is 15.4. The number of aryl methyl sites for hydroxylation is 1. The molecule has 1 saturated heterocycles. The Morgan fingerprint density at radius 2 is 2.15 bits per heavy atom. The van der Waals surface area contributed by atoms with Gasteiger partial charge in [0.2, 0.25) is 10.0 Å². The molecule has 20 heavy (non-hydrogen) atoms. The minimum absolute atomic E-state index is 0.335. The standard InChI is InChI=1S/C15H24N2O2S/c1-12(2)20(18,19)17-9-5-7-14(11-17)10-15-8-4-6-13(3)16-15/h4,6,8,12,14H,5,7,9-11H2,1-3H3. The molecule has 0 bridgehead atoms. The molecular formula is C15H24N2O2S. The number of rotatable bonds is 4. The third kappa shape index (κ3) is 3.58. The SMILES string of the molecule is Cc1cccc(CC2CCCN(S(=O)(=O)C(C)C)C2)n1. The van der Waals surface area contributed by atoms with E-state index in [-0.39, 0.29) is 5.25 Å². The monoisotopic (exact) mass is 296 g/mol. The molecule has 0 aromatic carbocycles. The van der Waals surface area contributed by atoms with Crippen LogP contribution >= 0.6 is 0 Å². The van der Waals surface area contributed by atoms with Gasteiger partial charge in [-0.2, -0.15) is 0 Å². The van der Waals surface area contributed by atoms with Gasteiger partial charge in [-0.1, -0.05) is 6.07 Å². The summed E-state index contributed by atoms with van der Waals surface area (Å²) in [7, 11) is -3.12. The molecule has 1 aromatic rings. The van der Waals surface area contributed by atoms with Gasteiger partial charge < -0.3 is 0 Å². The molecule has 2 heterocycles. The zero-order chi connectivity index (χ0) is 14.8. The molecule has 0 N–H and O–H groups in total. The number of hydrogen-bond donors (Lipinski definition) is 0. The van der Waals surface area contributed by atoms with Gasteiger partial charge in [-0.25, -0.2) is 12.7 Å². The normalized spacial score (nSPS) is 21.3. The Balaban J connectivity index is 2.04. The first-order valence-electron chi connectivity index (χ1n) is 7.31. The topological polar surface area (TPSA) is 50.3 Å². The van der Waals surface area contributed by atoms with Crippen LogP contribution in [0, 0.1) is 12.8 Å². The summed E-state index contributed by atoms with van der Waals surface area (Å²) in [5.41, 5.74) is 2.09. The van der Waals surface area contributed by atoms with E-state index >= 15 is 0 Å². The number of nitrogens with zero attached hydrogens (tertiary/aromatic N) is 2. The summed E-state index contributed by atoms with van der Waals surface area (Å²) in [6.07, 6.45) is 2.90. The highest BCUT2D eigenvalue weighted by Gasteiger charge is 2.31. The summed E-state index contributed by atoms with van der Waals surface area (Å²) in [5.74, 6) is 0.381. The fraction of sp³-hybridized carbons (Fsp3) is 0.667. The van der Waals surface area contributed by atoms with Gasteiger partial charge in [0, 0.05) is 24.5 Å². The molecular weight excluding hydrogens is 272 g/mol. The van der Waals surface area contributed by atoms with Crippen molar-refractivity contribution in [2.45, 2.75) is 45.3 Å². The van der Waals surface area contributed by atoms with Crippen LogP contribution in [0.1, 0.15) is 38.1 Å².